The van der Waals surface area contributed by atoms with Crippen molar-refractivity contribution in [3.8, 4) is 112 Å². The molecular formula is C108H72N4. The third kappa shape index (κ3) is 11.6. The summed E-state index contributed by atoms with van der Waals surface area (Å²) in [5, 5.41) is 9.94. The second kappa shape index (κ2) is 27.7. The highest BCUT2D eigenvalue weighted by Crippen LogP contribution is 2.44. The first-order valence-electron chi connectivity index (χ1n) is 38.5. The zero-order valence-corrected chi connectivity index (χ0v) is 61.4. The van der Waals surface area contributed by atoms with E-state index in [9.17, 15) is 0 Å². The number of benzene rings is 18. The number of fused-ring (bicyclic) bond motifs is 12. The molecule has 0 spiro atoms. The van der Waals surface area contributed by atoms with E-state index < -0.39 is 0 Å². The smallest absolute Gasteiger partial charge is 0.0547 e. The maximum atomic E-state index is 2.44. The predicted octanol–water partition coefficient (Wildman–Crippen LogP) is 29.1. The number of aromatic nitrogens is 4. The van der Waals surface area contributed by atoms with Crippen LogP contribution < -0.4 is 0 Å². The average Bonchev–Trinajstić information content (AvgIpc) is 1.59. The van der Waals surface area contributed by atoms with Gasteiger partial charge in [0.2, 0.25) is 0 Å². The van der Waals surface area contributed by atoms with Crippen LogP contribution in [-0.4, -0.2) is 18.3 Å². The molecule has 0 aliphatic heterocycles. The average molecular weight is 1430 g/mol. The zero-order chi connectivity index (χ0) is 74.0. The first-order valence-corrected chi connectivity index (χ1v) is 38.5. The Balaban J connectivity index is 0.000000141. The van der Waals surface area contributed by atoms with Gasteiger partial charge in [-0.3, -0.25) is 0 Å². The highest BCUT2D eigenvalue weighted by molar-refractivity contribution is 6.16. The van der Waals surface area contributed by atoms with Gasteiger partial charge in [0, 0.05) is 65.8 Å². The molecule has 22 rings (SSSR count). The van der Waals surface area contributed by atoms with Crippen molar-refractivity contribution in [2.24, 2.45) is 0 Å². The van der Waals surface area contributed by atoms with Crippen LogP contribution in [0.4, 0.5) is 0 Å². The molecule has 112 heavy (non-hydrogen) atoms. The van der Waals surface area contributed by atoms with Gasteiger partial charge in [-0.2, -0.15) is 0 Å². The van der Waals surface area contributed by atoms with Gasteiger partial charge < -0.3 is 18.3 Å². The van der Waals surface area contributed by atoms with E-state index in [1.165, 1.54) is 176 Å². The monoisotopic (exact) mass is 1420 g/mol. The number of hydrogen-bond donors (Lipinski definition) is 0. The standard InChI is InChI=1S/2C54H36N2/c1-4-14-37(15-5-1)40-20-12-22-45(32-40)55-51-25-11-10-24-47(51)49-34-42(27-30-52(49)55)43-28-31-53-50(35-43)48-29-26-44(39-18-8-3-9-19-39)36-54(48)56(53)46-23-13-21-41(33-46)38-16-6-2-7-17-38;1-4-14-37(15-5-1)40-20-12-22-45(32-40)55-51-25-11-10-24-47(51)48-35-43(27-30-52(48)55)44-28-31-54-50(36-44)49-34-42(39-18-8-3-9-19-39)26-29-53(49)56(54)46-23-13-21-41(33-46)38-16-6-2-7-17-38/h2*1-36H. The lowest BCUT2D eigenvalue weighted by molar-refractivity contribution is 1.18. The van der Waals surface area contributed by atoms with E-state index in [4.69, 9.17) is 0 Å². The van der Waals surface area contributed by atoms with Gasteiger partial charge in [0.15, 0.2) is 0 Å². The number of para-hydroxylation sites is 2. The molecule has 4 aromatic heterocycles. The minimum atomic E-state index is 1.15. The molecule has 0 N–H and O–H groups in total. The van der Waals surface area contributed by atoms with Crippen molar-refractivity contribution in [1.82, 2.24) is 18.3 Å². The van der Waals surface area contributed by atoms with Crippen LogP contribution in [-0.2, 0) is 0 Å². The molecule has 0 radical (unpaired) electrons. The summed E-state index contributed by atoms with van der Waals surface area (Å²) in [4.78, 5) is 0. The van der Waals surface area contributed by atoms with Crippen LogP contribution in [0, 0.1) is 0 Å². The highest BCUT2D eigenvalue weighted by atomic mass is 15.0. The van der Waals surface area contributed by atoms with Crippen molar-refractivity contribution < 1.29 is 0 Å². The zero-order valence-electron chi connectivity index (χ0n) is 61.4. The normalized spacial score (nSPS) is 11.6. The topological polar surface area (TPSA) is 19.7 Å². The quantitative estimate of drug-likeness (QED) is 0.116. The lowest BCUT2D eigenvalue weighted by atomic mass is 9.99. The summed E-state index contributed by atoms with van der Waals surface area (Å²) >= 11 is 0. The van der Waals surface area contributed by atoms with Gasteiger partial charge in [-0.05, 0) is 216 Å². The van der Waals surface area contributed by atoms with Crippen LogP contribution in [0.2, 0.25) is 0 Å². The fourth-order valence-corrected chi connectivity index (χ4v) is 17.3. The van der Waals surface area contributed by atoms with Crippen molar-refractivity contribution in [2.45, 2.75) is 0 Å². The summed E-state index contributed by atoms with van der Waals surface area (Å²) in [6.45, 7) is 0. The lowest BCUT2D eigenvalue weighted by Gasteiger charge is -2.12. The summed E-state index contributed by atoms with van der Waals surface area (Å²) < 4.78 is 9.68. The summed E-state index contributed by atoms with van der Waals surface area (Å²) in [5.74, 6) is 0. The Bertz CT molecular complexity index is 7320. The van der Waals surface area contributed by atoms with E-state index in [0.717, 1.165) is 22.7 Å². The van der Waals surface area contributed by atoms with Crippen molar-refractivity contribution in [3.63, 3.8) is 0 Å². The number of hydrogen-bond acceptors (Lipinski definition) is 0. The summed E-state index contributed by atoms with van der Waals surface area (Å²) in [5.41, 5.74) is 33.5. The molecule has 4 heterocycles. The van der Waals surface area contributed by atoms with Gasteiger partial charge in [0.1, 0.15) is 0 Å². The van der Waals surface area contributed by atoms with Crippen LogP contribution in [0.1, 0.15) is 0 Å². The third-order valence-corrected chi connectivity index (χ3v) is 22.6. The van der Waals surface area contributed by atoms with Crippen molar-refractivity contribution in [2.75, 3.05) is 0 Å². The predicted molar refractivity (Wildman–Crippen MR) is 474 cm³/mol. The Morgan fingerprint density at radius 1 is 0.0982 bits per heavy atom. The maximum absolute atomic E-state index is 2.44. The van der Waals surface area contributed by atoms with Gasteiger partial charge in [0.05, 0.1) is 44.1 Å². The Kier molecular flexibility index (Phi) is 16.2. The van der Waals surface area contributed by atoms with E-state index in [0.29, 0.717) is 0 Å². The molecule has 22 aromatic rings. The fourth-order valence-electron chi connectivity index (χ4n) is 17.3. The van der Waals surface area contributed by atoms with Gasteiger partial charge in [-0.25, -0.2) is 0 Å². The molecule has 0 amide bonds. The Labute approximate surface area is 649 Å². The van der Waals surface area contributed by atoms with Gasteiger partial charge >= 0.3 is 0 Å². The van der Waals surface area contributed by atoms with Crippen LogP contribution in [0.15, 0.2) is 437 Å². The summed E-state index contributed by atoms with van der Waals surface area (Å²) in [6, 6.07) is 159. The van der Waals surface area contributed by atoms with Gasteiger partial charge in [-0.15, -0.1) is 0 Å². The van der Waals surface area contributed by atoms with Crippen molar-refractivity contribution >= 4 is 87.2 Å². The molecule has 4 nitrogen and oxygen atoms in total. The maximum Gasteiger partial charge on any atom is 0.0547 e. The lowest BCUT2D eigenvalue weighted by Crippen LogP contribution is -1.95. The Hall–Kier alpha value is -14.8. The van der Waals surface area contributed by atoms with Crippen LogP contribution in [0.5, 0.6) is 0 Å². The van der Waals surface area contributed by atoms with E-state index in [1.54, 1.807) is 0 Å². The molecule has 0 aliphatic rings. The molecule has 0 fully saturated rings. The van der Waals surface area contributed by atoms with E-state index >= 15 is 0 Å². The van der Waals surface area contributed by atoms with E-state index in [2.05, 4.69) is 455 Å². The molecule has 0 atom stereocenters. The van der Waals surface area contributed by atoms with E-state index in [1.807, 2.05) is 0 Å². The van der Waals surface area contributed by atoms with Crippen LogP contribution in [0.3, 0.4) is 0 Å². The Morgan fingerprint density at radius 2 is 0.286 bits per heavy atom. The third-order valence-electron chi connectivity index (χ3n) is 22.6. The fraction of sp³-hybridized carbons (Fsp3) is 0. The first kappa shape index (κ1) is 65.5. The number of rotatable bonds is 12. The molecule has 0 unspecified atom stereocenters. The minimum absolute atomic E-state index is 1.15. The second-order valence-corrected chi connectivity index (χ2v) is 29.2. The molecule has 0 saturated heterocycles. The van der Waals surface area contributed by atoms with Crippen molar-refractivity contribution in [1.29, 1.82) is 0 Å². The van der Waals surface area contributed by atoms with Crippen LogP contribution >= 0.6 is 0 Å². The van der Waals surface area contributed by atoms with Gasteiger partial charge in [0.25, 0.3) is 0 Å². The van der Waals surface area contributed by atoms with Crippen LogP contribution in [0.25, 0.3) is 199 Å². The minimum Gasteiger partial charge on any atom is -0.309 e. The summed E-state index contributed by atoms with van der Waals surface area (Å²) in [6.07, 6.45) is 0. The van der Waals surface area contributed by atoms with Crippen molar-refractivity contribution in [3.05, 3.63) is 437 Å². The number of nitrogens with zero attached hydrogens (tertiary/aromatic N) is 4. The molecule has 0 saturated carbocycles. The van der Waals surface area contributed by atoms with Gasteiger partial charge in [-0.1, -0.05) is 309 Å². The first-order chi connectivity index (χ1) is 55.5. The molecule has 524 valence electrons. The second-order valence-electron chi connectivity index (χ2n) is 29.2. The molecule has 0 bridgehead atoms. The Morgan fingerprint density at radius 3 is 0.571 bits per heavy atom. The molecule has 0 aliphatic carbocycles. The highest BCUT2D eigenvalue weighted by Gasteiger charge is 2.22. The molecular weight excluding hydrogens is 1350 g/mol. The van der Waals surface area contributed by atoms with E-state index in [-0.39, 0.29) is 0 Å². The summed E-state index contributed by atoms with van der Waals surface area (Å²) in [7, 11) is 0. The SMILES string of the molecule is c1ccc(-c2cccc(-n3c4ccccc4c4cc(-c5ccc6c(c5)c5cc(-c7ccccc7)ccc5n6-c5cccc(-c6ccccc6)c5)ccc43)c2)cc1.c1ccc(-c2cccc(-n3c4ccccc4c4cc(-c5ccc6c(c5)c5ccc(-c7ccccc7)cc5n6-c5cccc(-c6ccccc6)c5)ccc43)c2)cc1. The molecule has 18 aromatic carbocycles. The molecule has 4 heteroatoms. The largest absolute Gasteiger partial charge is 0.309 e.